The maximum atomic E-state index is 5.21. The van der Waals surface area contributed by atoms with Gasteiger partial charge in [0.25, 0.3) is 0 Å². The lowest BCUT2D eigenvalue weighted by molar-refractivity contribution is 0.574. The first-order valence-electron chi connectivity index (χ1n) is 5.02. The van der Waals surface area contributed by atoms with Crippen molar-refractivity contribution in [3.05, 3.63) is 36.7 Å². The summed E-state index contributed by atoms with van der Waals surface area (Å²) in [5.41, 5.74) is 2.11. The number of oxazole rings is 1. The van der Waals surface area contributed by atoms with Crippen molar-refractivity contribution in [3.63, 3.8) is 0 Å². The largest absolute Gasteiger partial charge is 0.445 e. The Hall–Kier alpha value is -1.77. The Morgan fingerprint density at radius 1 is 1.20 bits per heavy atom. The van der Waals surface area contributed by atoms with Crippen LogP contribution in [0.2, 0.25) is 0 Å². The predicted molar refractivity (Wildman–Crippen MR) is 60.7 cm³/mol. The van der Waals surface area contributed by atoms with Crippen LogP contribution >= 0.6 is 0 Å². The average molecular weight is 202 g/mol. The monoisotopic (exact) mass is 202 g/mol. The quantitative estimate of drug-likeness (QED) is 0.830. The van der Waals surface area contributed by atoms with Crippen molar-refractivity contribution >= 4 is 5.69 Å². The van der Waals surface area contributed by atoms with Crippen LogP contribution < -0.4 is 5.32 Å². The summed E-state index contributed by atoms with van der Waals surface area (Å²) >= 11 is 0. The molecular formula is C12H14N2O. The first-order valence-corrected chi connectivity index (χ1v) is 5.02. The number of nitrogens with one attached hydrogen (secondary N) is 1. The van der Waals surface area contributed by atoms with E-state index in [-0.39, 0.29) is 0 Å². The van der Waals surface area contributed by atoms with Gasteiger partial charge in [0.05, 0.1) is 6.20 Å². The van der Waals surface area contributed by atoms with E-state index in [0.717, 1.165) is 11.3 Å². The van der Waals surface area contributed by atoms with E-state index in [4.69, 9.17) is 4.42 Å². The minimum Gasteiger partial charge on any atom is -0.445 e. The number of hydrogen-bond donors (Lipinski definition) is 1. The van der Waals surface area contributed by atoms with Crippen LogP contribution in [0.15, 0.2) is 41.1 Å². The van der Waals surface area contributed by atoms with Crippen molar-refractivity contribution in [2.45, 2.75) is 19.9 Å². The molecule has 0 saturated heterocycles. The molecule has 0 aliphatic carbocycles. The fourth-order valence-electron chi connectivity index (χ4n) is 1.41. The fraction of sp³-hybridized carbons (Fsp3) is 0.250. The predicted octanol–water partition coefficient (Wildman–Crippen LogP) is 3.16. The van der Waals surface area contributed by atoms with Gasteiger partial charge in [-0.1, -0.05) is 0 Å². The molecular weight excluding hydrogens is 188 g/mol. The second kappa shape index (κ2) is 4.17. The summed E-state index contributed by atoms with van der Waals surface area (Å²) < 4.78 is 5.21. The van der Waals surface area contributed by atoms with Gasteiger partial charge in [-0.15, -0.1) is 0 Å². The normalized spacial score (nSPS) is 10.6. The zero-order valence-corrected chi connectivity index (χ0v) is 8.90. The highest BCUT2D eigenvalue weighted by molar-refractivity contribution is 5.58. The average Bonchev–Trinajstić information content (AvgIpc) is 2.71. The maximum absolute atomic E-state index is 5.21. The molecule has 0 aliphatic rings. The molecule has 2 rings (SSSR count). The lowest BCUT2D eigenvalue weighted by Crippen LogP contribution is -2.09. The van der Waals surface area contributed by atoms with Crippen molar-refractivity contribution in [2.24, 2.45) is 0 Å². The first-order chi connectivity index (χ1) is 7.25. The minimum atomic E-state index is 0.442. The molecule has 15 heavy (non-hydrogen) atoms. The summed E-state index contributed by atoms with van der Waals surface area (Å²) in [5, 5.41) is 3.33. The van der Waals surface area contributed by atoms with Crippen LogP contribution in [0.1, 0.15) is 13.8 Å². The summed E-state index contributed by atoms with van der Waals surface area (Å²) in [7, 11) is 0. The second-order valence-electron chi connectivity index (χ2n) is 3.71. The van der Waals surface area contributed by atoms with Gasteiger partial charge in [-0.3, -0.25) is 0 Å². The third kappa shape index (κ3) is 2.37. The zero-order chi connectivity index (χ0) is 10.7. The van der Waals surface area contributed by atoms with Gasteiger partial charge in [-0.25, -0.2) is 4.98 Å². The Balaban J connectivity index is 2.17. The fourth-order valence-corrected chi connectivity index (χ4v) is 1.41. The number of rotatable bonds is 3. The lowest BCUT2D eigenvalue weighted by Gasteiger charge is -2.09. The van der Waals surface area contributed by atoms with Crippen LogP contribution in [0, 0.1) is 0 Å². The van der Waals surface area contributed by atoms with Crippen molar-refractivity contribution < 1.29 is 4.42 Å². The van der Waals surface area contributed by atoms with E-state index in [1.54, 1.807) is 12.5 Å². The highest BCUT2D eigenvalue weighted by atomic mass is 16.3. The van der Waals surface area contributed by atoms with Gasteiger partial charge in [0, 0.05) is 17.3 Å². The molecule has 0 saturated carbocycles. The van der Waals surface area contributed by atoms with E-state index in [1.165, 1.54) is 0 Å². The Kier molecular flexibility index (Phi) is 2.72. The number of hydrogen-bond acceptors (Lipinski definition) is 3. The Morgan fingerprint density at radius 2 is 1.93 bits per heavy atom. The molecule has 1 aromatic heterocycles. The Bertz CT molecular complexity index is 404. The van der Waals surface area contributed by atoms with Crippen LogP contribution in [0.25, 0.3) is 11.5 Å². The summed E-state index contributed by atoms with van der Waals surface area (Å²) in [5.74, 6) is 0.658. The number of nitrogens with zero attached hydrogens (tertiary/aromatic N) is 1. The van der Waals surface area contributed by atoms with E-state index in [0.29, 0.717) is 11.9 Å². The van der Waals surface area contributed by atoms with Gasteiger partial charge >= 0.3 is 0 Å². The Morgan fingerprint density at radius 3 is 2.47 bits per heavy atom. The van der Waals surface area contributed by atoms with Gasteiger partial charge in [-0.05, 0) is 38.1 Å². The first kappa shape index (κ1) is 9.77. The standard InChI is InChI=1S/C12H14N2O/c1-9(2)14-11-5-3-10(4-6-11)12-13-7-8-15-12/h3-9,14H,1-2H3. The molecule has 78 valence electrons. The van der Waals surface area contributed by atoms with E-state index < -0.39 is 0 Å². The Labute approximate surface area is 89.1 Å². The molecule has 0 atom stereocenters. The van der Waals surface area contributed by atoms with Crippen LogP contribution in [-0.2, 0) is 0 Å². The molecule has 1 heterocycles. The van der Waals surface area contributed by atoms with Crippen molar-refractivity contribution in [1.82, 2.24) is 4.98 Å². The van der Waals surface area contributed by atoms with E-state index in [9.17, 15) is 0 Å². The van der Waals surface area contributed by atoms with Gasteiger partial charge in [0.1, 0.15) is 6.26 Å². The molecule has 0 aliphatic heterocycles. The van der Waals surface area contributed by atoms with E-state index >= 15 is 0 Å². The summed E-state index contributed by atoms with van der Waals surface area (Å²) in [6, 6.07) is 8.49. The molecule has 0 amide bonds. The summed E-state index contributed by atoms with van der Waals surface area (Å²) in [4.78, 5) is 4.09. The third-order valence-corrected chi connectivity index (χ3v) is 2.02. The molecule has 0 radical (unpaired) electrons. The summed E-state index contributed by atoms with van der Waals surface area (Å²) in [6.07, 6.45) is 3.23. The highest BCUT2D eigenvalue weighted by Crippen LogP contribution is 2.19. The number of aromatic nitrogens is 1. The molecule has 3 nitrogen and oxygen atoms in total. The second-order valence-corrected chi connectivity index (χ2v) is 3.71. The molecule has 0 fully saturated rings. The minimum absolute atomic E-state index is 0.442. The topological polar surface area (TPSA) is 38.1 Å². The van der Waals surface area contributed by atoms with Gasteiger partial charge in [0.2, 0.25) is 5.89 Å². The van der Waals surface area contributed by atoms with Gasteiger partial charge < -0.3 is 9.73 Å². The molecule has 3 heteroatoms. The number of benzene rings is 1. The van der Waals surface area contributed by atoms with Crippen LogP contribution in [0.4, 0.5) is 5.69 Å². The van der Waals surface area contributed by atoms with Crippen LogP contribution in [-0.4, -0.2) is 11.0 Å². The van der Waals surface area contributed by atoms with E-state index in [1.807, 2.05) is 24.3 Å². The smallest absolute Gasteiger partial charge is 0.225 e. The third-order valence-electron chi connectivity index (χ3n) is 2.02. The maximum Gasteiger partial charge on any atom is 0.225 e. The molecule has 0 unspecified atom stereocenters. The van der Waals surface area contributed by atoms with Crippen molar-refractivity contribution in [1.29, 1.82) is 0 Å². The van der Waals surface area contributed by atoms with Gasteiger partial charge in [0.15, 0.2) is 0 Å². The molecule has 1 N–H and O–H groups in total. The highest BCUT2D eigenvalue weighted by Gasteiger charge is 2.01. The lowest BCUT2D eigenvalue weighted by atomic mass is 10.2. The zero-order valence-electron chi connectivity index (χ0n) is 8.90. The molecule has 1 aromatic carbocycles. The molecule has 0 bridgehead atoms. The van der Waals surface area contributed by atoms with E-state index in [2.05, 4.69) is 24.1 Å². The summed E-state index contributed by atoms with van der Waals surface area (Å²) in [6.45, 7) is 4.23. The van der Waals surface area contributed by atoms with Crippen LogP contribution in [0.3, 0.4) is 0 Å². The number of anilines is 1. The SMILES string of the molecule is CC(C)Nc1ccc(-c2ncco2)cc1. The van der Waals surface area contributed by atoms with Crippen LogP contribution in [0.5, 0.6) is 0 Å². The molecule has 0 spiro atoms. The van der Waals surface area contributed by atoms with Gasteiger partial charge in [-0.2, -0.15) is 0 Å². The van der Waals surface area contributed by atoms with Crippen molar-refractivity contribution in [2.75, 3.05) is 5.32 Å². The molecule has 2 aromatic rings. The van der Waals surface area contributed by atoms with Crippen molar-refractivity contribution in [3.8, 4) is 11.5 Å².